The molecule has 1 aromatic carbocycles. The van der Waals surface area contributed by atoms with Gasteiger partial charge in [0.1, 0.15) is 4.88 Å². The van der Waals surface area contributed by atoms with E-state index in [0.29, 0.717) is 11.1 Å². The quantitative estimate of drug-likeness (QED) is 0.648. The highest BCUT2D eigenvalue weighted by Crippen LogP contribution is 2.31. The van der Waals surface area contributed by atoms with Crippen LogP contribution in [0.3, 0.4) is 0 Å². The van der Waals surface area contributed by atoms with Crippen molar-refractivity contribution < 1.29 is 4.42 Å². The van der Waals surface area contributed by atoms with Crippen molar-refractivity contribution in [3.63, 3.8) is 0 Å². The summed E-state index contributed by atoms with van der Waals surface area (Å²) in [6.07, 6.45) is 0. The van der Waals surface area contributed by atoms with Crippen molar-refractivity contribution in [1.82, 2.24) is 15.2 Å². The van der Waals surface area contributed by atoms with Crippen LogP contribution in [0.1, 0.15) is 27.4 Å². The van der Waals surface area contributed by atoms with E-state index >= 15 is 0 Å². The lowest BCUT2D eigenvalue weighted by Gasteiger charge is -2.02. The molecule has 3 aromatic rings. The molecule has 0 aliphatic carbocycles. The summed E-state index contributed by atoms with van der Waals surface area (Å²) >= 11 is 3.15. The molecule has 0 spiro atoms. The van der Waals surface area contributed by atoms with Gasteiger partial charge in [-0.2, -0.15) is 0 Å². The van der Waals surface area contributed by atoms with E-state index in [0.717, 1.165) is 21.3 Å². The molecule has 4 nitrogen and oxygen atoms in total. The van der Waals surface area contributed by atoms with Crippen LogP contribution in [0.25, 0.3) is 10.8 Å². The number of rotatable bonds is 4. The number of aryl methyl sites for hydroxylation is 4. The van der Waals surface area contributed by atoms with Crippen LogP contribution in [0, 0.1) is 27.7 Å². The normalized spacial score (nSPS) is 11.1. The average Bonchev–Trinajstić information content (AvgIpc) is 3.01. The molecule has 0 fully saturated rings. The van der Waals surface area contributed by atoms with E-state index in [1.165, 1.54) is 16.7 Å². The zero-order chi connectivity index (χ0) is 15.7. The third kappa shape index (κ3) is 3.39. The second-order valence-corrected chi connectivity index (χ2v) is 7.43. The predicted molar refractivity (Wildman–Crippen MR) is 90.4 cm³/mol. The summed E-state index contributed by atoms with van der Waals surface area (Å²) in [7, 11) is 0. The number of aromatic nitrogens is 3. The first kappa shape index (κ1) is 15.2. The molecule has 6 heteroatoms. The van der Waals surface area contributed by atoms with Crippen molar-refractivity contribution in [2.24, 2.45) is 0 Å². The molecule has 0 saturated carbocycles. The highest BCUT2D eigenvalue weighted by atomic mass is 32.2. The maximum absolute atomic E-state index is 5.76. The lowest BCUT2D eigenvalue weighted by atomic mass is 10.1. The Kier molecular flexibility index (Phi) is 4.31. The minimum atomic E-state index is 0.561. The monoisotopic (exact) mass is 331 g/mol. The first-order chi connectivity index (χ1) is 10.5. The van der Waals surface area contributed by atoms with Crippen LogP contribution in [0.5, 0.6) is 0 Å². The summed E-state index contributed by atoms with van der Waals surface area (Å²) in [5, 5.41) is 9.88. The Labute approximate surface area is 138 Å². The molecule has 0 amide bonds. The molecule has 0 N–H and O–H groups in total. The third-order valence-corrected chi connectivity index (χ3v) is 5.10. The van der Waals surface area contributed by atoms with E-state index in [1.54, 1.807) is 23.1 Å². The van der Waals surface area contributed by atoms with Crippen LogP contribution >= 0.6 is 23.1 Å². The molecular weight excluding hydrogens is 314 g/mol. The van der Waals surface area contributed by atoms with Crippen LogP contribution < -0.4 is 0 Å². The molecular formula is C16H17N3OS2. The summed E-state index contributed by atoms with van der Waals surface area (Å²) < 4.78 is 5.76. The molecule has 0 unspecified atom stereocenters. The summed E-state index contributed by atoms with van der Waals surface area (Å²) in [6, 6.07) is 6.55. The molecule has 0 atom stereocenters. The average molecular weight is 331 g/mol. The van der Waals surface area contributed by atoms with Gasteiger partial charge in [-0.15, -0.1) is 21.5 Å². The fourth-order valence-corrected chi connectivity index (χ4v) is 3.92. The summed E-state index contributed by atoms with van der Waals surface area (Å²) in [5.74, 6) is 1.39. The van der Waals surface area contributed by atoms with Crippen molar-refractivity contribution in [3.05, 3.63) is 45.6 Å². The molecule has 0 saturated heterocycles. The minimum absolute atomic E-state index is 0.561. The topological polar surface area (TPSA) is 51.8 Å². The Bertz CT molecular complexity index is 787. The smallest absolute Gasteiger partial charge is 0.277 e. The number of nitrogens with zero attached hydrogens (tertiary/aromatic N) is 3. The molecule has 0 bridgehead atoms. The molecule has 0 aliphatic rings. The van der Waals surface area contributed by atoms with Gasteiger partial charge in [0.25, 0.3) is 11.1 Å². The van der Waals surface area contributed by atoms with Crippen molar-refractivity contribution in [3.8, 4) is 10.8 Å². The number of thiazole rings is 1. The van der Waals surface area contributed by atoms with Gasteiger partial charge in [0, 0.05) is 5.75 Å². The first-order valence-corrected chi connectivity index (χ1v) is 8.79. The Morgan fingerprint density at radius 1 is 1.05 bits per heavy atom. The van der Waals surface area contributed by atoms with E-state index in [1.807, 2.05) is 13.8 Å². The van der Waals surface area contributed by atoms with Crippen molar-refractivity contribution in [2.45, 2.75) is 38.7 Å². The SMILES string of the molecule is Cc1cc(C)cc(CSc2nnc(-c3sc(C)nc3C)o2)c1. The number of thioether (sulfide) groups is 1. The Morgan fingerprint density at radius 3 is 2.41 bits per heavy atom. The molecule has 2 aromatic heterocycles. The van der Waals surface area contributed by atoms with E-state index in [9.17, 15) is 0 Å². The predicted octanol–water partition coefficient (Wildman–Crippen LogP) is 4.72. The summed E-state index contributed by atoms with van der Waals surface area (Å²) in [6.45, 7) is 8.17. The van der Waals surface area contributed by atoms with Gasteiger partial charge in [0.15, 0.2) is 0 Å². The van der Waals surface area contributed by atoms with Crippen LogP contribution in [-0.2, 0) is 5.75 Å². The Morgan fingerprint density at radius 2 is 1.77 bits per heavy atom. The van der Waals surface area contributed by atoms with Crippen molar-refractivity contribution in [1.29, 1.82) is 0 Å². The highest BCUT2D eigenvalue weighted by Gasteiger charge is 2.15. The van der Waals surface area contributed by atoms with E-state index < -0.39 is 0 Å². The third-order valence-electron chi connectivity index (χ3n) is 3.15. The molecule has 0 aliphatic heterocycles. The Hall–Kier alpha value is -1.66. The van der Waals surface area contributed by atoms with Gasteiger partial charge in [-0.05, 0) is 33.3 Å². The zero-order valence-corrected chi connectivity index (χ0v) is 14.6. The Balaban J connectivity index is 1.73. The van der Waals surface area contributed by atoms with Gasteiger partial charge < -0.3 is 4.42 Å². The molecule has 2 heterocycles. The summed E-state index contributed by atoms with van der Waals surface area (Å²) in [4.78, 5) is 5.35. The van der Waals surface area contributed by atoms with Crippen LogP contribution in [0.4, 0.5) is 0 Å². The fraction of sp³-hybridized carbons (Fsp3) is 0.312. The second kappa shape index (κ2) is 6.22. The van der Waals surface area contributed by atoms with Crippen molar-refractivity contribution in [2.75, 3.05) is 0 Å². The second-order valence-electron chi connectivity index (χ2n) is 5.31. The lowest BCUT2D eigenvalue weighted by molar-refractivity contribution is 0.466. The molecule has 22 heavy (non-hydrogen) atoms. The van der Waals surface area contributed by atoms with E-state index in [-0.39, 0.29) is 0 Å². The van der Waals surface area contributed by atoms with Gasteiger partial charge in [-0.1, -0.05) is 41.1 Å². The maximum Gasteiger partial charge on any atom is 0.277 e. The van der Waals surface area contributed by atoms with E-state index in [4.69, 9.17) is 4.42 Å². The fourth-order valence-electron chi connectivity index (χ4n) is 2.39. The number of benzene rings is 1. The minimum Gasteiger partial charge on any atom is -0.410 e. The first-order valence-electron chi connectivity index (χ1n) is 6.99. The van der Waals surface area contributed by atoms with Gasteiger partial charge in [-0.25, -0.2) is 4.98 Å². The molecule has 0 radical (unpaired) electrons. The van der Waals surface area contributed by atoms with Gasteiger partial charge in [-0.3, -0.25) is 0 Å². The van der Waals surface area contributed by atoms with Gasteiger partial charge in [0.2, 0.25) is 0 Å². The van der Waals surface area contributed by atoms with Crippen molar-refractivity contribution >= 4 is 23.1 Å². The molecule has 114 valence electrons. The number of hydrogen-bond acceptors (Lipinski definition) is 6. The number of hydrogen-bond donors (Lipinski definition) is 0. The highest BCUT2D eigenvalue weighted by molar-refractivity contribution is 7.98. The largest absolute Gasteiger partial charge is 0.410 e. The van der Waals surface area contributed by atoms with Crippen LogP contribution in [0.15, 0.2) is 27.8 Å². The zero-order valence-electron chi connectivity index (χ0n) is 13.0. The maximum atomic E-state index is 5.76. The van der Waals surface area contributed by atoms with Gasteiger partial charge >= 0.3 is 0 Å². The molecule has 3 rings (SSSR count). The van der Waals surface area contributed by atoms with Crippen LogP contribution in [-0.4, -0.2) is 15.2 Å². The van der Waals surface area contributed by atoms with E-state index in [2.05, 4.69) is 47.2 Å². The lowest BCUT2D eigenvalue weighted by Crippen LogP contribution is -1.85. The summed E-state index contributed by atoms with van der Waals surface area (Å²) in [5.41, 5.74) is 4.76. The van der Waals surface area contributed by atoms with Crippen LogP contribution in [0.2, 0.25) is 0 Å². The van der Waals surface area contributed by atoms with Gasteiger partial charge in [0.05, 0.1) is 10.7 Å². The standard InChI is InChI=1S/C16H17N3OS2/c1-9-5-10(2)7-13(6-9)8-21-16-19-18-15(20-16)14-11(3)17-12(4)22-14/h5-7H,8H2,1-4H3.